The molecule has 1 aromatic carbocycles. The van der Waals surface area contributed by atoms with Crippen LogP contribution in [0, 0.1) is 5.82 Å². The first kappa shape index (κ1) is 19.3. The molecule has 0 aliphatic carbocycles. The van der Waals surface area contributed by atoms with Gasteiger partial charge in [0.05, 0.1) is 11.8 Å². The van der Waals surface area contributed by atoms with Crippen LogP contribution >= 0.6 is 22.9 Å². The number of aliphatic hydroxyl groups excluding tert-OH is 1. The lowest BCUT2D eigenvalue weighted by atomic mass is 10.2. The molecule has 27 heavy (non-hydrogen) atoms. The molecule has 3 aromatic rings. The molecular weight excluding hydrogens is 393 g/mol. The van der Waals surface area contributed by atoms with E-state index in [-0.39, 0.29) is 6.54 Å². The number of nitrogens with zero attached hydrogens (tertiary/aromatic N) is 3. The van der Waals surface area contributed by atoms with Crippen LogP contribution in [0.5, 0.6) is 0 Å². The van der Waals surface area contributed by atoms with Crippen molar-refractivity contribution in [3.8, 4) is 0 Å². The first-order valence-electron chi connectivity index (χ1n) is 8.03. The van der Waals surface area contributed by atoms with Gasteiger partial charge in [0.25, 0.3) is 0 Å². The molecule has 10 heteroatoms. The second-order valence-corrected chi connectivity index (χ2v) is 7.27. The predicted molar refractivity (Wildman–Crippen MR) is 106 cm³/mol. The van der Waals surface area contributed by atoms with Crippen molar-refractivity contribution < 1.29 is 14.3 Å². The predicted octanol–water partition coefficient (Wildman–Crippen LogP) is 3.75. The van der Waals surface area contributed by atoms with Crippen molar-refractivity contribution >= 4 is 56.0 Å². The van der Waals surface area contributed by atoms with Crippen LogP contribution in [0.2, 0.25) is 5.02 Å². The maximum Gasteiger partial charge on any atom is 0.321 e. The second kappa shape index (κ2) is 8.03. The van der Waals surface area contributed by atoms with E-state index in [9.17, 15) is 14.3 Å². The molecule has 7 nitrogen and oxygen atoms in total. The van der Waals surface area contributed by atoms with Crippen molar-refractivity contribution in [3.63, 3.8) is 0 Å². The number of hydrogen-bond donors (Lipinski definition) is 3. The number of thiazole rings is 1. The number of fused-ring (bicyclic) bond motifs is 1. The maximum absolute atomic E-state index is 14.1. The summed E-state index contributed by atoms with van der Waals surface area (Å²) in [6.45, 7) is 1.71. The fourth-order valence-corrected chi connectivity index (χ4v) is 3.29. The number of nitrogens with one attached hydrogen (secondary N) is 2. The van der Waals surface area contributed by atoms with E-state index in [1.807, 2.05) is 0 Å². The molecule has 2 amide bonds. The van der Waals surface area contributed by atoms with Gasteiger partial charge < -0.3 is 15.3 Å². The SMILES string of the molecule is CC(O)CNC(=O)Nc1nc2ccc(N(C)c3ccc(Cl)cc3F)nc2s1. The van der Waals surface area contributed by atoms with Gasteiger partial charge >= 0.3 is 6.03 Å². The highest BCUT2D eigenvalue weighted by atomic mass is 35.5. The molecule has 142 valence electrons. The van der Waals surface area contributed by atoms with Gasteiger partial charge in [0.1, 0.15) is 22.0 Å². The van der Waals surface area contributed by atoms with Crippen molar-refractivity contribution in [1.29, 1.82) is 0 Å². The van der Waals surface area contributed by atoms with Gasteiger partial charge in [0, 0.05) is 18.6 Å². The lowest BCUT2D eigenvalue weighted by molar-refractivity contribution is 0.190. The molecular formula is C17H17ClFN5O2S. The lowest BCUT2D eigenvalue weighted by Gasteiger charge is -2.18. The van der Waals surface area contributed by atoms with Gasteiger partial charge in [-0.15, -0.1) is 0 Å². The molecule has 0 radical (unpaired) electrons. The number of rotatable bonds is 5. The second-order valence-electron chi connectivity index (χ2n) is 5.85. The Bertz CT molecular complexity index is 981. The molecule has 3 rings (SSSR count). The number of aromatic nitrogens is 2. The molecule has 2 aromatic heterocycles. The molecule has 0 saturated heterocycles. The molecule has 0 bridgehead atoms. The van der Waals surface area contributed by atoms with Crippen molar-refractivity contribution in [2.45, 2.75) is 13.0 Å². The number of anilines is 3. The van der Waals surface area contributed by atoms with Crippen molar-refractivity contribution in [2.24, 2.45) is 0 Å². The minimum atomic E-state index is -0.640. The molecule has 0 saturated carbocycles. The van der Waals surface area contributed by atoms with E-state index in [1.165, 1.54) is 17.4 Å². The summed E-state index contributed by atoms with van der Waals surface area (Å²) < 4.78 is 14.1. The maximum atomic E-state index is 14.1. The van der Waals surface area contributed by atoms with Crippen LogP contribution in [-0.2, 0) is 0 Å². The third-order valence-corrected chi connectivity index (χ3v) is 4.75. The zero-order valence-electron chi connectivity index (χ0n) is 14.5. The highest BCUT2D eigenvalue weighted by Gasteiger charge is 2.14. The van der Waals surface area contributed by atoms with Crippen LogP contribution in [0.15, 0.2) is 30.3 Å². The number of halogens is 2. The third-order valence-electron chi connectivity index (χ3n) is 3.63. The van der Waals surface area contributed by atoms with E-state index < -0.39 is 18.0 Å². The highest BCUT2D eigenvalue weighted by molar-refractivity contribution is 7.22. The Morgan fingerprint density at radius 2 is 2.15 bits per heavy atom. The normalized spacial score (nSPS) is 12.0. The van der Waals surface area contributed by atoms with E-state index in [0.717, 1.165) is 0 Å². The molecule has 0 aliphatic heterocycles. The van der Waals surface area contributed by atoms with Crippen LogP contribution in [0.4, 0.5) is 25.8 Å². The van der Waals surface area contributed by atoms with Crippen LogP contribution < -0.4 is 15.5 Å². The van der Waals surface area contributed by atoms with Crippen molar-refractivity contribution in [1.82, 2.24) is 15.3 Å². The van der Waals surface area contributed by atoms with E-state index in [4.69, 9.17) is 11.6 Å². The summed E-state index contributed by atoms with van der Waals surface area (Å²) in [5.41, 5.74) is 0.950. The lowest BCUT2D eigenvalue weighted by Crippen LogP contribution is -2.34. The largest absolute Gasteiger partial charge is 0.392 e. The third kappa shape index (κ3) is 4.62. The highest BCUT2D eigenvalue weighted by Crippen LogP contribution is 2.30. The summed E-state index contributed by atoms with van der Waals surface area (Å²) in [6.07, 6.45) is -0.640. The molecule has 3 N–H and O–H groups in total. The smallest absolute Gasteiger partial charge is 0.321 e. The standard InChI is InChI=1S/C17H17ClFN5O2S/c1-9(25)8-20-16(26)23-17-21-12-4-6-14(22-15(12)27-17)24(2)13-5-3-10(18)7-11(13)19/h3-7,9,25H,8H2,1-2H3,(H2,20,21,23,26). The number of benzene rings is 1. The van der Waals surface area contributed by atoms with E-state index in [0.29, 0.717) is 32.0 Å². The van der Waals surface area contributed by atoms with Crippen molar-refractivity contribution in [3.05, 3.63) is 41.2 Å². The van der Waals surface area contributed by atoms with E-state index in [1.54, 1.807) is 43.1 Å². The Hall–Kier alpha value is -2.49. The van der Waals surface area contributed by atoms with Crippen LogP contribution in [-0.4, -0.2) is 40.8 Å². The van der Waals surface area contributed by atoms with E-state index in [2.05, 4.69) is 20.6 Å². The van der Waals surface area contributed by atoms with Crippen molar-refractivity contribution in [2.75, 3.05) is 23.8 Å². The summed E-state index contributed by atoms with van der Waals surface area (Å²) in [5, 5.41) is 15.0. The topological polar surface area (TPSA) is 90.4 Å². The number of carbonyl (C=O) groups excluding carboxylic acids is 1. The molecule has 0 fully saturated rings. The van der Waals surface area contributed by atoms with Gasteiger partial charge in [-0.05, 0) is 37.3 Å². The molecule has 0 spiro atoms. The fourth-order valence-electron chi connectivity index (χ4n) is 2.31. The van der Waals surface area contributed by atoms with Gasteiger partial charge in [-0.1, -0.05) is 22.9 Å². The quantitative estimate of drug-likeness (QED) is 0.597. The monoisotopic (exact) mass is 409 g/mol. The molecule has 2 heterocycles. The number of carbonyl (C=O) groups is 1. The fraction of sp³-hybridized carbons (Fsp3) is 0.235. The zero-order valence-corrected chi connectivity index (χ0v) is 16.1. The summed E-state index contributed by atoms with van der Waals surface area (Å²) >= 11 is 6.99. The van der Waals surface area contributed by atoms with E-state index >= 15 is 0 Å². The average Bonchev–Trinajstić information content (AvgIpc) is 3.00. The Balaban J connectivity index is 1.80. The number of aliphatic hydroxyl groups is 1. The summed E-state index contributed by atoms with van der Waals surface area (Å²) in [5.74, 6) is 0.0748. The Morgan fingerprint density at radius 1 is 1.37 bits per heavy atom. The Labute approximate surface area is 163 Å². The zero-order chi connectivity index (χ0) is 19.6. The van der Waals surface area contributed by atoms with Crippen LogP contribution in [0.1, 0.15) is 6.92 Å². The summed E-state index contributed by atoms with van der Waals surface area (Å²) in [6, 6.07) is 7.43. The van der Waals surface area contributed by atoms with Crippen LogP contribution in [0.25, 0.3) is 10.3 Å². The molecule has 1 unspecified atom stereocenters. The summed E-state index contributed by atoms with van der Waals surface area (Å²) in [4.78, 5) is 22.8. The first-order valence-corrected chi connectivity index (χ1v) is 9.22. The van der Waals surface area contributed by atoms with Gasteiger partial charge in [-0.3, -0.25) is 5.32 Å². The average molecular weight is 410 g/mol. The number of amides is 2. The number of urea groups is 1. The molecule has 1 atom stereocenters. The summed E-state index contributed by atoms with van der Waals surface area (Å²) in [7, 11) is 1.70. The number of pyridine rings is 1. The minimum Gasteiger partial charge on any atom is -0.392 e. The number of hydrogen-bond acceptors (Lipinski definition) is 6. The minimum absolute atomic E-state index is 0.135. The van der Waals surface area contributed by atoms with Gasteiger partial charge in [-0.2, -0.15) is 0 Å². The van der Waals surface area contributed by atoms with Gasteiger partial charge in [0.2, 0.25) is 0 Å². The Morgan fingerprint density at radius 3 is 2.85 bits per heavy atom. The molecule has 0 aliphatic rings. The van der Waals surface area contributed by atoms with Crippen LogP contribution in [0.3, 0.4) is 0 Å². The first-order chi connectivity index (χ1) is 12.8. The van der Waals surface area contributed by atoms with Gasteiger partial charge in [0.15, 0.2) is 5.13 Å². The Kier molecular flexibility index (Phi) is 5.73. The van der Waals surface area contributed by atoms with Gasteiger partial charge in [-0.25, -0.2) is 19.2 Å².